The Bertz CT molecular complexity index is 707. The Labute approximate surface area is 146 Å². The summed E-state index contributed by atoms with van der Waals surface area (Å²) < 4.78 is 5.22. The van der Waals surface area contributed by atoms with E-state index in [1.165, 1.54) is 0 Å². The Morgan fingerprint density at radius 1 is 1.28 bits per heavy atom. The summed E-state index contributed by atoms with van der Waals surface area (Å²) in [5.41, 5.74) is 1.94. The first-order chi connectivity index (χ1) is 12.1. The number of hydrogen-bond donors (Lipinski definition) is 3. The van der Waals surface area contributed by atoms with Crippen molar-refractivity contribution < 1.29 is 14.4 Å². The molecule has 0 radical (unpaired) electrons. The molecule has 7 heteroatoms. The average molecular weight is 344 g/mol. The zero-order valence-corrected chi connectivity index (χ0v) is 14.4. The largest absolute Gasteiger partial charge is 0.396 e. The topological polar surface area (TPSA) is 100 Å². The zero-order chi connectivity index (χ0) is 17.7. The van der Waals surface area contributed by atoms with Gasteiger partial charge in [-0.25, -0.2) is 4.79 Å². The second-order valence-corrected chi connectivity index (χ2v) is 6.58. The van der Waals surface area contributed by atoms with Gasteiger partial charge in [0.25, 0.3) is 5.89 Å². The van der Waals surface area contributed by atoms with Crippen LogP contribution in [0.3, 0.4) is 0 Å². The van der Waals surface area contributed by atoms with Gasteiger partial charge in [-0.15, -0.1) is 0 Å². The van der Waals surface area contributed by atoms with Crippen LogP contribution in [0.5, 0.6) is 0 Å². The lowest BCUT2D eigenvalue weighted by molar-refractivity contribution is 0.203. The number of amides is 2. The standard InChI is InChI=1S/C18H24N4O3/c1-2-15-21-16(25-22-15)14-5-3-13(4-6-14)7-10-19-17(24)20-11-18(12-23)8-9-18/h3-6,23H,2,7-12H2,1H3,(H2,19,20,24). The van der Waals surface area contributed by atoms with Crippen LogP contribution in [-0.2, 0) is 12.8 Å². The number of aliphatic hydroxyl groups is 1. The predicted octanol–water partition coefficient (Wildman–Crippen LogP) is 1.91. The van der Waals surface area contributed by atoms with Gasteiger partial charge in [-0.2, -0.15) is 4.98 Å². The maximum Gasteiger partial charge on any atom is 0.314 e. The van der Waals surface area contributed by atoms with Crippen LogP contribution in [0.15, 0.2) is 28.8 Å². The van der Waals surface area contributed by atoms with Crippen molar-refractivity contribution in [3.05, 3.63) is 35.7 Å². The van der Waals surface area contributed by atoms with Gasteiger partial charge in [-0.05, 0) is 37.0 Å². The van der Waals surface area contributed by atoms with Crippen LogP contribution in [0, 0.1) is 5.41 Å². The van der Waals surface area contributed by atoms with E-state index in [9.17, 15) is 9.90 Å². The van der Waals surface area contributed by atoms with E-state index in [0.29, 0.717) is 24.8 Å². The van der Waals surface area contributed by atoms with Crippen molar-refractivity contribution in [3.8, 4) is 11.5 Å². The first-order valence-corrected chi connectivity index (χ1v) is 8.68. The van der Waals surface area contributed by atoms with E-state index in [1.54, 1.807) is 0 Å². The van der Waals surface area contributed by atoms with Crippen molar-refractivity contribution in [2.75, 3.05) is 19.7 Å². The van der Waals surface area contributed by atoms with Crippen molar-refractivity contribution in [2.24, 2.45) is 5.41 Å². The van der Waals surface area contributed by atoms with E-state index in [-0.39, 0.29) is 18.1 Å². The smallest absolute Gasteiger partial charge is 0.314 e. The lowest BCUT2D eigenvalue weighted by atomic mass is 10.1. The van der Waals surface area contributed by atoms with E-state index >= 15 is 0 Å². The van der Waals surface area contributed by atoms with Crippen molar-refractivity contribution in [3.63, 3.8) is 0 Å². The quantitative estimate of drug-likeness (QED) is 0.679. The third-order valence-electron chi connectivity index (χ3n) is 4.60. The lowest BCUT2D eigenvalue weighted by Gasteiger charge is -2.13. The molecule has 3 rings (SSSR count). The molecular weight excluding hydrogens is 320 g/mol. The van der Waals surface area contributed by atoms with Crippen LogP contribution >= 0.6 is 0 Å². The molecule has 7 nitrogen and oxygen atoms in total. The minimum atomic E-state index is -0.186. The molecule has 0 aliphatic heterocycles. The highest BCUT2D eigenvalue weighted by atomic mass is 16.5. The van der Waals surface area contributed by atoms with Crippen LogP contribution in [0.25, 0.3) is 11.5 Å². The molecule has 2 amide bonds. The molecule has 0 atom stereocenters. The van der Waals surface area contributed by atoms with Gasteiger partial charge in [0.1, 0.15) is 0 Å². The van der Waals surface area contributed by atoms with Gasteiger partial charge in [-0.3, -0.25) is 0 Å². The summed E-state index contributed by atoms with van der Waals surface area (Å²) in [6, 6.07) is 7.70. The number of urea groups is 1. The third kappa shape index (κ3) is 4.57. The normalized spacial score (nSPS) is 15.0. The fourth-order valence-electron chi connectivity index (χ4n) is 2.55. The summed E-state index contributed by atoms with van der Waals surface area (Å²) in [7, 11) is 0. The number of hydrogen-bond acceptors (Lipinski definition) is 5. The molecule has 0 saturated heterocycles. The first-order valence-electron chi connectivity index (χ1n) is 8.68. The number of aromatic nitrogens is 2. The molecule has 134 valence electrons. The van der Waals surface area contributed by atoms with Crippen molar-refractivity contribution >= 4 is 6.03 Å². The van der Waals surface area contributed by atoms with Gasteiger partial charge in [0.2, 0.25) is 0 Å². The fourth-order valence-corrected chi connectivity index (χ4v) is 2.55. The number of benzene rings is 1. The summed E-state index contributed by atoms with van der Waals surface area (Å²) in [5, 5.41) is 18.8. The van der Waals surface area contributed by atoms with Gasteiger partial charge < -0.3 is 20.3 Å². The molecule has 0 bridgehead atoms. The van der Waals surface area contributed by atoms with Gasteiger partial charge in [0.05, 0.1) is 6.61 Å². The summed E-state index contributed by atoms with van der Waals surface area (Å²) >= 11 is 0. The average Bonchev–Trinajstić information content (AvgIpc) is 3.27. The molecule has 3 N–H and O–H groups in total. The molecule has 25 heavy (non-hydrogen) atoms. The molecule has 1 heterocycles. The highest BCUT2D eigenvalue weighted by molar-refractivity contribution is 5.73. The van der Waals surface area contributed by atoms with Gasteiger partial charge in [0, 0.05) is 30.5 Å². The summed E-state index contributed by atoms with van der Waals surface area (Å²) in [6.07, 6.45) is 3.45. The number of nitrogens with one attached hydrogen (secondary N) is 2. The van der Waals surface area contributed by atoms with Crippen molar-refractivity contribution in [1.82, 2.24) is 20.8 Å². The Morgan fingerprint density at radius 2 is 2.04 bits per heavy atom. The molecule has 0 unspecified atom stereocenters. The number of aryl methyl sites for hydroxylation is 1. The molecule has 1 aliphatic carbocycles. The number of rotatable bonds is 8. The zero-order valence-electron chi connectivity index (χ0n) is 14.4. The second kappa shape index (κ2) is 7.65. The van der Waals surface area contributed by atoms with E-state index < -0.39 is 0 Å². The monoisotopic (exact) mass is 344 g/mol. The maximum absolute atomic E-state index is 11.8. The highest BCUT2D eigenvalue weighted by Gasteiger charge is 2.42. The molecule has 1 aromatic heterocycles. The van der Waals surface area contributed by atoms with E-state index in [2.05, 4.69) is 20.8 Å². The summed E-state index contributed by atoms with van der Waals surface area (Å²) in [5.74, 6) is 1.22. The molecule has 2 aromatic rings. The van der Waals surface area contributed by atoms with Crippen molar-refractivity contribution in [1.29, 1.82) is 0 Å². The molecule has 1 saturated carbocycles. The number of aliphatic hydroxyl groups excluding tert-OH is 1. The second-order valence-electron chi connectivity index (χ2n) is 6.58. The Hall–Kier alpha value is -2.41. The minimum absolute atomic E-state index is 0.0699. The van der Waals surface area contributed by atoms with E-state index in [0.717, 1.165) is 36.8 Å². The van der Waals surface area contributed by atoms with E-state index in [1.807, 2.05) is 31.2 Å². The van der Waals surface area contributed by atoms with Crippen LogP contribution in [-0.4, -0.2) is 41.0 Å². The Morgan fingerprint density at radius 3 is 2.64 bits per heavy atom. The molecule has 1 fully saturated rings. The minimum Gasteiger partial charge on any atom is -0.396 e. The fraction of sp³-hybridized carbons (Fsp3) is 0.500. The first kappa shape index (κ1) is 17.4. The third-order valence-corrected chi connectivity index (χ3v) is 4.60. The summed E-state index contributed by atoms with van der Waals surface area (Å²) in [6.45, 7) is 3.21. The molecular formula is C18H24N4O3. The van der Waals surface area contributed by atoms with Crippen LogP contribution < -0.4 is 10.6 Å². The lowest BCUT2D eigenvalue weighted by Crippen LogP contribution is -2.40. The van der Waals surface area contributed by atoms with Crippen LogP contribution in [0.1, 0.15) is 31.2 Å². The molecule has 0 spiro atoms. The van der Waals surface area contributed by atoms with Gasteiger partial charge in [0.15, 0.2) is 5.82 Å². The molecule has 1 aliphatic rings. The van der Waals surface area contributed by atoms with Crippen molar-refractivity contribution in [2.45, 2.75) is 32.6 Å². The number of carbonyl (C=O) groups excluding carboxylic acids is 1. The highest BCUT2D eigenvalue weighted by Crippen LogP contribution is 2.44. The van der Waals surface area contributed by atoms with Crippen LogP contribution in [0.2, 0.25) is 0 Å². The van der Waals surface area contributed by atoms with Crippen LogP contribution in [0.4, 0.5) is 4.79 Å². The Kier molecular flexibility index (Phi) is 5.33. The van der Waals surface area contributed by atoms with E-state index in [4.69, 9.17) is 4.52 Å². The number of carbonyl (C=O) groups is 1. The maximum atomic E-state index is 11.8. The SMILES string of the molecule is CCc1noc(-c2ccc(CCNC(=O)NCC3(CO)CC3)cc2)n1. The number of nitrogens with zero attached hydrogens (tertiary/aromatic N) is 2. The predicted molar refractivity (Wildman–Crippen MR) is 93.0 cm³/mol. The Balaban J connectivity index is 1.42. The van der Waals surface area contributed by atoms with Gasteiger partial charge in [-0.1, -0.05) is 24.2 Å². The summed E-state index contributed by atoms with van der Waals surface area (Å²) in [4.78, 5) is 16.1. The van der Waals surface area contributed by atoms with Gasteiger partial charge >= 0.3 is 6.03 Å². The molecule has 1 aromatic carbocycles.